The number of hydrogen-bond donors (Lipinski definition) is 1. The fourth-order valence-corrected chi connectivity index (χ4v) is 2.62. The Kier molecular flexibility index (Phi) is 7.93. The van der Waals surface area contributed by atoms with Gasteiger partial charge in [-0.15, -0.1) is 0 Å². The fourth-order valence-electron chi connectivity index (χ4n) is 2.62. The van der Waals surface area contributed by atoms with Gasteiger partial charge in [0.05, 0.1) is 11.4 Å². The summed E-state index contributed by atoms with van der Waals surface area (Å²) in [5.41, 5.74) is 2.39. The molecule has 2 aromatic heterocycles. The van der Waals surface area contributed by atoms with E-state index in [2.05, 4.69) is 29.1 Å². The van der Waals surface area contributed by atoms with Crippen LogP contribution in [0.15, 0.2) is 36.7 Å². The number of nitrogens with one attached hydrogen (secondary N) is 1. The van der Waals surface area contributed by atoms with Crippen LogP contribution in [0.5, 0.6) is 0 Å². The molecule has 0 aromatic carbocycles. The number of rotatable bonds is 10. The highest BCUT2D eigenvalue weighted by Gasteiger charge is 2.11. The van der Waals surface area contributed by atoms with Crippen LogP contribution in [0.4, 0.5) is 0 Å². The molecule has 2 heterocycles. The van der Waals surface area contributed by atoms with Crippen LogP contribution in [0.3, 0.4) is 0 Å². The summed E-state index contributed by atoms with van der Waals surface area (Å²) in [7, 11) is 0. The molecular formula is C21H27N3O2. The van der Waals surface area contributed by atoms with E-state index < -0.39 is 0 Å². The molecule has 0 fully saturated rings. The van der Waals surface area contributed by atoms with Crippen molar-refractivity contribution in [2.75, 3.05) is 6.54 Å². The third-order valence-electron chi connectivity index (χ3n) is 4.19. The summed E-state index contributed by atoms with van der Waals surface area (Å²) in [4.78, 5) is 33.2. The Morgan fingerprint density at radius 2 is 1.50 bits per heavy atom. The first-order chi connectivity index (χ1) is 12.7. The van der Waals surface area contributed by atoms with E-state index in [1.165, 1.54) is 0 Å². The fraction of sp³-hybridized carbons (Fsp3) is 0.429. The van der Waals surface area contributed by atoms with Crippen LogP contribution >= 0.6 is 0 Å². The van der Waals surface area contributed by atoms with Crippen LogP contribution in [0.1, 0.15) is 73.1 Å². The van der Waals surface area contributed by atoms with Crippen molar-refractivity contribution >= 4 is 11.7 Å². The average molecular weight is 353 g/mol. The number of Topliss-reactive ketones (excluding diaryl/α,β-unsaturated/α-hetero) is 1. The Morgan fingerprint density at radius 1 is 0.885 bits per heavy atom. The summed E-state index contributed by atoms with van der Waals surface area (Å²) in [6.45, 7) is 4.86. The number of nitrogens with zero attached hydrogens (tertiary/aromatic N) is 2. The Hall–Kier alpha value is -2.56. The molecule has 0 aliphatic heterocycles. The van der Waals surface area contributed by atoms with E-state index in [0.717, 1.165) is 32.1 Å². The lowest BCUT2D eigenvalue weighted by Gasteiger charge is -2.07. The average Bonchev–Trinajstić information content (AvgIpc) is 2.68. The van der Waals surface area contributed by atoms with Crippen LogP contribution in [0, 0.1) is 0 Å². The number of carbonyl (C=O) groups excluding carboxylic acids is 2. The van der Waals surface area contributed by atoms with Crippen LogP contribution in [-0.2, 0) is 0 Å². The summed E-state index contributed by atoms with van der Waals surface area (Å²) < 4.78 is 0. The topological polar surface area (TPSA) is 72.0 Å². The molecule has 5 nitrogen and oxygen atoms in total. The van der Waals surface area contributed by atoms with E-state index >= 15 is 0 Å². The number of carbonyl (C=O) groups is 2. The number of amides is 1. The van der Waals surface area contributed by atoms with Gasteiger partial charge < -0.3 is 5.32 Å². The van der Waals surface area contributed by atoms with E-state index in [4.69, 9.17) is 0 Å². The molecule has 0 saturated carbocycles. The van der Waals surface area contributed by atoms with Gasteiger partial charge >= 0.3 is 0 Å². The van der Waals surface area contributed by atoms with Gasteiger partial charge in [-0.3, -0.25) is 19.6 Å². The maximum Gasteiger partial charge on any atom is 0.251 e. The van der Waals surface area contributed by atoms with Gasteiger partial charge in [0.1, 0.15) is 0 Å². The number of aromatic nitrogens is 2. The van der Waals surface area contributed by atoms with Crippen molar-refractivity contribution in [3.63, 3.8) is 0 Å². The zero-order chi connectivity index (χ0) is 18.8. The zero-order valence-corrected chi connectivity index (χ0v) is 15.6. The summed E-state index contributed by atoms with van der Waals surface area (Å²) in [5.74, 6) is 0.00413. The number of pyridine rings is 2. The Balaban J connectivity index is 2.13. The van der Waals surface area contributed by atoms with Gasteiger partial charge in [-0.1, -0.05) is 33.1 Å². The van der Waals surface area contributed by atoms with E-state index in [-0.39, 0.29) is 11.7 Å². The quantitative estimate of drug-likeness (QED) is 0.506. The number of unbranched alkanes of at least 4 members (excludes halogenated alkanes) is 3. The maximum atomic E-state index is 12.3. The van der Waals surface area contributed by atoms with Crippen molar-refractivity contribution in [3.05, 3.63) is 47.8 Å². The third-order valence-corrected chi connectivity index (χ3v) is 4.19. The molecule has 2 rings (SSSR count). The molecule has 0 radical (unpaired) electrons. The van der Waals surface area contributed by atoms with Gasteiger partial charge in [-0.25, -0.2) is 0 Å². The Morgan fingerprint density at radius 3 is 2.15 bits per heavy atom. The SMILES string of the molecule is CCCCCC(=O)c1ccnc(-c2cc(C(=O)NCCCC)ccn2)c1. The highest BCUT2D eigenvalue weighted by molar-refractivity contribution is 5.97. The monoisotopic (exact) mass is 353 g/mol. The van der Waals surface area contributed by atoms with Crippen molar-refractivity contribution in [3.8, 4) is 11.4 Å². The Labute approximate surface area is 155 Å². The van der Waals surface area contributed by atoms with Crippen LogP contribution < -0.4 is 5.32 Å². The van der Waals surface area contributed by atoms with Gasteiger partial charge in [0.25, 0.3) is 5.91 Å². The highest BCUT2D eigenvalue weighted by Crippen LogP contribution is 2.18. The molecule has 0 unspecified atom stereocenters. The second-order valence-corrected chi connectivity index (χ2v) is 6.35. The van der Waals surface area contributed by atoms with Crippen molar-refractivity contribution in [1.29, 1.82) is 0 Å². The smallest absolute Gasteiger partial charge is 0.251 e. The molecule has 0 atom stereocenters. The maximum absolute atomic E-state index is 12.3. The van der Waals surface area contributed by atoms with E-state index in [9.17, 15) is 9.59 Å². The minimum atomic E-state index is -0.117. The first kappa shape index (κ1) is 19.8. The predicted molar refractivity (Wildman–Crippen MR) is 103 cm³/mol. The molecule has 0 aliphatic carbocycles. The standard InChI is InChI=1S/C21H27N3O2/c1-3-5-7-8-20(25)16-9-12-22-18(14-16)19-15-17(10-13-23-19)21(26)24-11-6-4-2/h9-10,12-15H,3-8,11H2,1-2H3,(H,24,26). The molecule has 1 amide bonds. The minimum absolute atomic E-state index is 0.117. The lowest BCUT2D eigenvalue weighted by molar-refractivity contribution is 0.0950. The molecule has 5 heteroatoms. The normalized spacial score (nSPS) is 10.5. The van der Waals surface area contributed by atoms with E-state index in [1.807, 2.05) is 0 Å². The third kappa shape index (κ3) is 5.76. The summed E-state index contributed by atoms with van der Waals surface area (Å²) >= 11 is 0. The second kappa shape index (κ2) is 10.4. The molecule has 0 spiro atoms. The highest BCUT2D eigenvalue weighted by atomic mass is 16.1. The van der Waals surface area contributed by atoms with Crippen molar-refractivity contribution in [1.82, 2.24) is 15.3 Å². The lowest BCUT2D eigenvalue weighted by Crippen LogP contribution is -2.24. The lowest BCUT2D eigenvalue weighted by atomic mass is 10.0. The first-order valence-corrected chi connectivity index (χ1v) is 9.39. The molecule has 2 aromatic rings. The zero-order valence-electron chi connectivity index (χ0n) is 15.6. The molecule has 0 saturated heterocycles. The van der Waals surface area contributed by atoms with Gasteiger partial charge in [0.2, 0.25) is 0 Å². The summed E-state index contributed by atoms with van der Waals surface area (Å²) in [5, 5.41) is 2.90. The predicted octanol–water partition coefficient (Wildman–Crippen LogP) is 4.44. The molecule has 0 bridgehead atoms. The van der Waals surface area contributed by atoms with E-state index in [1.54, 1.807) is 36.7 Å². The molecule has 26 heavy (non-hydrogen) atoms. The minimum Gasteiger partial charge on any atom is -0.352 e. The number of hydrogen-bond acceptors (Lipinski definition) is 4. The van der Waals surface area contributed by atoms with Crippen LogP contribution in [0.2, 0.25) is 0 Å². The molecule has 138 valence electrons. The summed E-state index contributed by atoms with van der Waals surface area (Å²) in [6, 6.07) is 6.90. The second-order valence-electron chi connectivity index (χ2n) is 6.35. The van der Waals surface area contributed by atoms with Gasteiger partial charge in [0.15, 0.2) is 5.78 Å². The van der Waals surface area contributed by atoms with Crippen LogP contribution in [0.25, 0.3) is 11.4 Å². The molecular weight excluding hydrogens is 326 g/mol. The molecule has 0 aliphatic rings. The van der Waals surface area contributed by atoms with Crippen molar-refractivity contribution in [2.24, 2.45) is 0 Å². The first-order valence-electron chi connectivity index (χ1n) is 9.39. The van der Waals surface area contributed by atoms with Gasteiger partial charge in [-0.05, 0) is 37.1 Å². The van der Waals surface area contributed by atoms with Gasteiger partial charge in [0, 0.05) is 36.5 Å². The summed E-state index contributed by atoms with van der Waals surface area (Å²) in [6.07, 6.45) is 8.80. The van der Waals surface area contributed by atoms with E-state index in [0.29, 0.717) is 35.5 Å². The van der Waals surface area contributed by atoms with Crippen molar-refractivity contribution in [2.45, 2.75) is 52.4 Å². The van der Waals surface area contributed by atoms with Gasteiger partial charge in [-0.2, -0.15) is 0 Å². The largest absolute Gasteiger partial charge is 0.352 e. The number of ketones is 1. The molecule has 1 N–H and O–H groups in total. The Bertz CT molecular complexity index is 680. The van der Waals surface area contributed by atoms with Crippen molar-refractivity contribution < 1.29 is 9.59 Å². The van der Waals surface area contributed by atoms with Crippen LogP contribution in [-0.4, -0.2) is 28.2 Å².